The van der Waals surface area contributed by atoms with Gasteiger partial charge in [0.25, 0.3) is 0 Å². The summed E-state index contributed by atoms with van der Waals surface area (Å²) in [6, 6.07) is 0.285. The van der Waals surface area contributed by atoms with E-state index < -0.39 is 0 Å². The lowest BCUT2D eigenvalue weighted by atomic mass is 9.71. The van der Waals surface area contributed by atoms with Crippen LogP contribution < -0.4 is 0 Å². The lowest BCUT2D eigenvalue weighted by Crippen LogP contribution is -2.35. The second kappa shape index (κ2) is 5.36. The van der Waals surface area contributed by atoms with E-state index in [0.29, 0.717) is 0 Å². The topological polar surface area (TPSA) is 71.2 Å². The predicted molar refractivity (Wildman–Crippen MR) is 68.1 cm³/mol. The molecule has 0 aromatic carbocycles. The van der Waals surface area contributed by atoms with Gasteiger partial charge in [0.1, 0.15) is 12.2 Å². The number of aromatic nitrogens is 3. The van der Waals surface area contributed by atoms with Crippen LogP contribution in [0.25, 0.3) is 0 Å². The summed E-state index contributed by atoms with van der Waals surface area (Å²) in [5, 5.41) is 23.5. The fourth-order valence-electron chi connectivity index (χ4n) is 2.77. The van der Waals surface area contributed by atoms with E-state index >= 15 is 0 Å². The molecule has 1 aromatic rings. The third kappa shape index (κ3) is 2.72. The zero-order valence-electron chi connectivity index (χ0n) is 11.2. The Labute approximate surface area is 108 Å². The third-order valence-corrected chi connectivity index (χ3v) is 4.02. The molecule has 0 saturated heterocycles. The first-order valence-electron chi connectivity index (χ1n) is 6.74. The lowest BCUT2D eigenvalue weighted by molar-refractivity contribution is 0.0222. The van der Waals surface area contributed by atoms with E-state index in [1.807, 2.05) is 4.68 Å². The lowest BCUT2D eigenvalue weighted by Gasteiger charge is -2.37. The molecule has 18 heavy (non-hydrogen) atoms. The van der Waals surface area contributed by atoms with Crippen molar-refractivity contribution in [2.24, 2.45) is 5.41 Å². The summed E-state index contributed by atoms with van der Waals surface area (Å²) in [5.74, 6) is 0.940. The highest BCUT2D eigenvalue weighted by Crippen LogP contribution is 2.38. The number of rotatable bonds is 4. The van der Waals surface area contributed by atoms with Crippen molar-refractivity contribution in [2.45, 2.75) is 58.1 Å². The van der Waals surface area contributed by atoms with Crippen LogP contribution in [-0.4, -0.2) is 37.7 Å². The Kier molecular flexibility index (Phi) is 4.02. The highest BCUT2D eigenvalue weighted by Gasteiger charge is 2.35. The van der Waals surface area contributed by atoms with Gasteiger partial charge in [0.2, 0.25) is 0 Å². The van der Waals surface area contributed by atoms with Gasteiger partial charge < -0.3 is 10.2 Å². The molecule has 0 bridgehead atoms. The molecule has 1 saturated carbocycles. The minimum absolute atomic E-state index is 0.126. The molecule has 0 aliphatic heterocycles. The van der Waals surface area contributed by atoms with E-state index in [1.165, 1.54) is 0 Å². The van der Waals surface area contributed by atoms with Crippen molar-refractivity contribution in [1.82, 2.24) is 14.8 Å². The van der Waals surface area contributed by atoms with E-state index in [2.05, 4.69) is 23.9 Å². The van der Waals surface area contributed by atoms with Crippen LogP contribution in [-0.2, 0) is 6.42 Å². The van der Waals surface area contributed by atoms with Gasteiger partial charge in [-0.1, -0.05) is 0 Å². The summed E-state index contributed by atoms with van der Waals surface area (Å²) in [7, 11) is 0. The van der Waals surface area contributed by atoms with Crippen molar-refractivity contribution in [1.29, 1.82) is 0 Å². The summed E-state index contributed by atoms with van der Waals surface area (Å²) in [6.07, 6.45) is 5.39. The molecule has 102 valence electrons. The number of hydrogen-bond acceptors (Lipinski definition) is 4. The Hall–Kier alpha value is -0.940. The molecule has 5 heteroatoms. The van der Waals surface area contributed by atoms with E-state index in [1.54, 1.807) is 6.33 Å². The molecular weight excluding hydrogens is 230 g/mol. The fourth-order valence-corrected chi connectivity index (χ4v) is 2.77. The maximum Gasteiger partial charge on any atom is 0.138 e. The Bertz CT molecular complexity index is 381. The van der Waals surface area contributed by atoms with E-state index in [9.17, 15) is 10.2 Å². The molecule has 0 amide bonds. The molecule has 1 aliphatic rings. The smallest absolute Gasteiger partial charge is 0.138 e. The maximum atomic E-state index is 9.72. The SMILES string of the molecule is CC(C)n1ncnc1CC1(CO)CCC(O)CC1. The predicted octanol–water partition coefficient (Wildman–Crippen LogP) is 1.32. The number of hydrogen-bond donors (Lipinski definition) is 2. The molecule has 5 nitrogen and oxygen atoms in total. The van der Waals surface area contributed by atoms with Crippen molar-refractivity contribution in [3.05, 3.63) is 12.2 Å². The zero-order chi connectivity index (χ0) is 13.2. The van der Waals surface area contributed by atoms with E-state index in [0.717, 1.165) is 37.9 Å². The fraction of sp³-hybridized carbons (Fsp3) is 0.846. The summed E-state index contributed by atoms with van der Waals surface area (Å²) >= 11 is 0. The first-order valence-corrected chi connectivity index (χ1v) is 6.74. The van der Waals surface area contributed by atoms with Crippen molar-refractivity contribution < 1.29 is 10.2 Å². The molecule has 0 spiro atoms. The summed E-state index contributed by atoms with van der Waals surface area (Å²) in [5.41, 5.74) is -0.126. The second-order valence-corrected chi connectivity index (χ2v) is 5.78. The van der Waals surface area contributed by atoms with Crippen molar-refractivity contribution in [2.75, 3.05) is 6.61 Å². The van der Waals surface area contributed by atoms with Gasteiger partial charge in [-0.3, -0.25) is 0 Å². The molecule has 2 rings (SSSR count). The summed E-state index contributed by atoms with van der Waals surface area (Å²) < 4.78 is 1.92. The summed E-state index contributed by atoms with van der Waals surface area (Å²) in [4.78, 5) is 4.32. The van der Waals surface area contributed by atoms with Gasteiger partial charge >= 0.3 is 0 Å². The molecule has 0 unspecified atom stereocenters. The number of nitrogens with zero attached hydrogens (tertiary/aromatic N) is 3. The highest BCUT2D eigenvalue weighted by molar-refractivity contribution is 4.97. The molecule has 2 N–H and O–H groups in total. The van der Waals surface area contributed by atoms with Crippen LogP contribution in [0.2, 0.25) is 0 Å². The van der Waals surface area contributed by atoms with Crippen LogP contribution in [0.1, 0.15) is 51.4 Å². The normalized spacial score (nSPS) is 28.8. The van der Waals surface area contributed by atoms with Crippen LogP contribution in [0.4, 0.5) is 0 Å². The van der Waals surface area contributed by atoms with Crippen LogP contribution in [0.3, 0.4) is 0 Å². The van der Waals surface area contributed by atoms with Gasteiger partial charge in [0.15, 0.2) is 0 Å². The van der Waals surface area contributed by atoms with Gasteiger partial charge in [-0.25, -0.2) is 9.67 Å². The zero-order valence-corrected chi connectivity index (χ0v) is 11.2. The van der Waals surface area contributed by atoms with Crippen molar-refractivity contribution in [3.63, 3.8) is 0 Å². The molecule has 1 aromatic heterocycles. The van der Waals surface area contributed by atoms with Crippen molar-refractivity contribution >= 4 is 0 Å². The van der Waals surface area contributed by atoms with Crippen LogP contribution in [0.15, 0.2) is 6.33 Å². The largest absolute Gasteiger partial charge is 0.396 e. The number of aliphatic hydroxyl groups is 2. The Morgan fingerprint density at radius 2 is 2.11 bits per heavy atom. The average molecular weight is 253 g/mol. The van der Waals surface area contributed by atoms with Crippen LogP contribution in [0, 0.1) is 5.41 Å². The van der Waals surface area contributed by atoms with E-state index in [4.69, 9.17) is 0 Å². The van der Waals surface area contributed by atoms with Gasteiger partial charge in [-0.05, 0) is 39.5 Å². The molecule has 1 fully saturated rings. The molecule has 0 atom stereocenters. The van der Waals surface area contributed by atoms with Crippen molar-refractivity contribution in [3.8, 4) is 0 Å². The minimum atomic E-state index is -0.201. The number of aliphatic hydroxyl groups excluding tert-OH is 2. The minimum Gasteiger partial charge on any atom is -0.396 e. The average Bonchev–Trinajstić information content (AvgIpc) is 2.80. The highest BCUT2D eigenvalue weighted by atomic mass is 16.3. The van der Waals surface area contributed by atoms with Gasteiger partial charge in [-0.15, -0.1) is 0 Å². The second-order valence-electron chi connectivity index (χ2n) is 5.78. The maximum absolute atomic E-state index is 9.72. The van der Waals surface area contributed by atoms with Crippen LogP contribution >= 0.6 is 0 Å². The first-order chi connectivity index (χ1) is 8.56. The standard InChI is InChI=1S/C13H23N3O2/c1-10(2)16-12(14-9-15-16)7-13(8-17)5-3-11(18)4-6-13/h9-11,17-18H,3-8H2,1-2H3. The first kappa shape index (κ1) is 13.5. The van der Waals surface area contributed by atoms with Gasteiger partial charge in [-0.2, -0.15) is 5.10 Å². The summed E-state index contributed by atoms with van der Waals surface area (Å²) in [6.45, 7) is 4.31. The van der Waals surface area contributed by atoms with E-state index in [-0.39, 0.29) is 24.2 Å². The quantitative estimate of drug-likeness (QED) is 0.849. The third-order valence-electron chi connectivity index (χ3n) is 4.02. The monoisotopic (exact) mass is 253 g/mol. The molecule has 0 radical (unpaired) electrons. The Balaban J connectivity index is 2.12. The van der Waals surface area contributed by atoms with Crippen LogP contribution in [0.5, 0.6) is 0 Å². The Morgan fingerprint density at radius 1 is 1.44 bits per heavy atom. The van der Waals surface area contributed by atoms with Gasteiger partial charge in [0, 0.05) is 24.5 Å². The Morgan fingerprint density at radius 3 is 2.67 bits per heavy atom. The molecule has 1 heterocycles. The van der Waals surface area contributed by atoms with Gasteiger partial charge in [0.05, 0.1) is 6.10 Å². The molecule has 1 aliphatic carbocycles. The molecular formula is C13H23N3O2.